The number of benzene rings is 1. The molecule has 0 spiro atoms. The van der Waals surface area contributed by atoms with Gasteiger partial charge in [0.25, 0.3) is 0 Å². The Kier molecular flexibility index (Phi) is 3.97. The molecule has 116 valence electrons. The zero-order chi connectivity index (χ0) is 16.2. The van der Waals surface area contributed by atoms with Gasteiger partial charge in [0.1, 0.15) is 24.4 Å². The maximum absolute atomic E-state index is 13.7. The molecule has 0 saturated carbocycles. The molecule has 1 aromatic carbocycles. The largest absolute Gasteiger partial charge is 0.493 e. The third kappa shape index (κ3) is 3.01. The minimum atomic E-state index is -0.500. The number of hydrogen-bond acceptors (Lipinski definition) is 5. The molecule has 0 radical (unpaired) electrons. The molecule has 3 aromatic rings. The van der Waals surface area contributed by atoms with Crippen molar-refractivity contribution < 1.29 is 13.9 Å². The Balaban J connectivity index is 1.74. The van der Waals surface area contributed by atoms with Crippen LogP contribution in [0.1, 0.15) is 5.69 Å². The van der Waals surface area contributed by atoms with Crippen LogP contribution < -0.4 is 15.2 Å². The Labute approximate surface area is 131 Å². The number of hydrogen-bond donors (Lipinski definition) is 2. The van der Waals surface area contributed by atoms with Crippen LogP contribution in [0.5, 0.6) is 11.5 Å². The van der Waals surface area contributed by atoms with Crippen LogP contribution in [0.25, 0.3) is 11.0 Å². The van der Waals surface area contributed by atoms with Gasteiger partial charge >= 0.3 is 0 Å². The Bertz CT molecular complexity index is 911. The van der Waals surface area contributed by atoms with Crippen molar-refractivity contribution in [2.75, 3.05) is 19.5 Å². The van der Waals surface area contributed by atoms with Crippen LogP contribution in [-0.4, -0.2) is 28.7 Å². The summed E-state index contributed by atoms with van der Waals surface area (Å²) in [7, 11) is 1.45. The van der Waals surface area contributed by atoms with Gasteiger partial charge in [-0.25, -0.2) is 14.4 Å². The first-order valence-corrected chi connectivity index (χ1v) is 6.72. The van der Waals surface area contributed by atoms with Crippen molar-refractivity contribution in [3.63, 3.8) is 0 Å². The molecule has 3 N–H and O–H groups in total. The highest BCUT2D eigenvalue weighted by atomic mass is 19.1. The molecule has 0 fully saturated rings. The second-order valence-corrected chi connectivity index (χ2v) is 4.57. The fourth-order valence-electron chi connectivity index (χ4n) is 2.06. The van der Waals surface area contributed by atoms with Gasteiger partial charge in [-0.3, -0.25) is 0 Å². The quantitative estimate of drug-likeness (QED) is 0.724. The van der Waals surface area contributed by atoms with Gasteiger partial charge in [0.15, 0.2) is 17.3 Å². The summed E-state index contributed by atoms with van der Waals surface area (Å²) in [5, 5.41) is 0.702. The van der Waals surface area contributed by atoms with Gasteiger partial charge in [0, 0.05) is 0 Å². The number of nitrogens with zero attached hydrogens (tertiary/aromatic N) is 2. The van der Waals surface area contributed by atoms with Gasteiger partial charge in [-0.1, -0.05) is 12.0 Å². The minimum Gasteiger partial charge on any atom is -0.493 e. The average Bonchev–Trinajstić information content (AvgIpc) is 2.97. The Hall–Kier alpha value is -3.27. The molecule has 0 amide bonds. The maximum Gasteiger partial charge on any atom is 0.198 e. The van der Waals surface area contributed by atoms with E-state index in [-0.39, 0.29) is 12.4 Å². The summed E-state index contributed by atoms with van der Waals surface area (Å²) < 4.78 is 24.1. The van der Waals surface area contributed by atoms with Crippen LogP contribution in [0.4, 0.5) is 10.2 Å². The Morgan fingerprint density at radius 3 is 3.00 bits per heavy atom. The third-order valence-corrected chi connectivity index (χ3v) is 3.12. The number of nitrogen functional groups attached to an aromatic ring is 1. The minimum absolute atomic E-state index is 0.00776. The second kappa shape index (κ2) is 6.23. The summed E-state index contributed by atoms with van der Waals surface area (Å²) in [5.74, 6) is 5.90. The summed E-state index contributed by atoms with van der Waals surface area (Å²) in [5.41, 5.74) is 6.98. The summed E-state index contributed by atoms with van der Waals surface area (Å²) >= 11 is 0. The van der Waals surface area contributed by atoms with E-state index in [0.29, 0.717) is 28.3 Å². The molecule has 0 aliphatic heterocycles. The molecule has 0 saturated heterocycles. The van der Waals surface area contributed by atoms with Crippen molar-refractivity contribution in [3.8, 4) is 23.3 Å². The van der Waals surface area contributed by atoms with Gasteiger partial charge in [0.2, 0.25) is 0 Å². The number of rotatable bonds is 3. The third-order valence-electron chi connectivity index (χ3n) is 3.12. The molecule has 0 atom stereocenters. The molecule has 2 aromatic heterocycles. The molecular formula is C16H13FN4O2. The zero-order valence-electron chi connectivity index (χ0n) is 12.3. The fourth-order valence-corrected chi connectivity index (χ4v) is 2.06. The van der Waals surface area contributed by atoms with Crippen molar-refractivity contribution in [2.45, 2.75) is 0 Å². The predicted molar refractivity (Wildman–Crippen MR) is 83.6 cm³/mol. The Morgan fingerprint density at radius 1 is 1.35 bits per heavy atom. The van der Waals surface area contributed by atoms with E-state index in [2.05, 4.69) is 26.8 Å². The molecular weight excluding hydrogens is 299 g/mol. The predicted octanol–water partition coefficient (Wildman–Crippen LogP) is 2.12. The van der Waals surface area contributed by atoms with Crippen molar-refractivity contribution >= 4 is 16.9 Å². The van der Waals surface area contributed by atoms with Crippen LogP contribution in [-0.2, 0) is 0 Å². The lowest BCUT2D eigenvalue weighted by Crippen LogP contribution is -1.99. The van der Waals surface area contributed by atoms with E-state index in [4.69, 9.17) is 15.2 Å². The number of methoxy groups -OCH3 is 1. The first-order valence-electron chi connectivity index (χ1n) is 6.72. The number of fused-ring (bicyclic) bond motifs is 1. The molecule has 0 unspecified atom stereocenters. The fraction of sp³-hybridized carbons (Fsp3) is 0.125. The number of H-pyrrole nitrogens is 1. The summed E-state index contributed by atoms with van der Waals surface area (Å²) in [4.78, 5) is 11.0. The maximum atomic E-state index is 13.7. The highest BCUT2D eigenvalue weighted by Gasteiger charge is 2.09. The molecule has 0 bridgehead atoms. The molecule has 7 heteroatoms. The van der Waals surface area contributed by atoms with E-state index in [9.17, 15) is 4.39 Å². The molecule has 6 nitrogen and oxygen atoms in total. The normalized spacial score (nSPS) is 10.2. The first-order chi connectivity index (χ1) is 11.2. The molecule has 0 aliphatic carbocycles. The van der Waals surface area contributed by atoms with Gasteiger partial charge in [-0.2, -0.15) is 0 Å². The number of aromatic amines is 1. The summed E-state index contributed by atoms with van der Waals surface area (Å²) in [6.07, 6.45) is 1.37. The van der Waals surface area contributed by atoms with Gasteiger partial charge in [-0.05, 0) is 24.1 Å². The smallest absolute Gasteiger partial charge is 0.198 e. The van der Waals surface area contributed by atoms with Gasteiger partial charge in [0.05, 0.1) is 18.2 Å². The molecule has 23 heavy (non-hydrogen) atoms. The van der Waals surface area contributed by atoms with Crippen molar-refractivity contribution in [1.29, 1.82) is 0 Å². The Morgan fingerprint density at radius 2 is 2.22 bits per heavy atom. The van der Waals surface area contributed by atoms with Crippen molar-refractivity contribution in [3.05, 3.63) is 42.1 Å². The zero-order valence-corrected chi connectivity index (χ0v) is 12.3. The van der Waals surface area contributed by atoms with E-state index in [0.717, 1.165) is 0 Å². The van der Waals surface area contributed by atoms with E-state index in [1.54, 1.807) is 18.2 Å². The molecule has 2 heterocycles. The number of nitrogens with two attached hydrogens (primary N) is 1. The van der Waals surface area contributed by atoms with Crippen LogP contribution >= 0.6 is 0 Å². The number of aromatic nitrogens is 3. The number of anilines is 1. The van der Waals surface area contributed by atoms with Crippen LogP contribution in [0.15, 0.2) is 30.6 Å². The van der Waals surface area contributed by atoms with E-state index in [1.807, 2.05) is 0 Å². The van der Waals surface area contributed by atoms with E-state index >= 15 is 0 Å². The standard InChI is InChI=1S/C16H13FN4O2/c1-22-13-6-2-5-12(17)14(13)23-7-3-4-10-8-11-15(18)19-9-20-16(11)21-10/h2,5-6,8-9H,7H2,1H3,(H3,18,19,20,21). The molecule has 0 aliphatic rings. The SMILES string of the molecule is COc1cccc(F)c1OCC#Cc1cc2c(N)ncnc2[nH]1. The lowest BCUT2D eigenvalue weighted by atomic mass is 10.3. The van der Waals surface area contributed by atoms with Gasteiger partial charge < -0.3 is 20.2 Å². The van der Waals surface area contributed by atoms with E-state index in [1.165, 1.54) is 19.5 Å². The molecule has 3 rings (SSSR count). The lowest BCUT2D eigenvalue weighted by Gasteiger charge is -2.08. The number of para-hydroxylation sites is 1. The summed E-state index contributed by atoms with van der Waals surface area (Å²) in [6.45, 7) is 0.00776. The second-order valence-electron chi connectivity index (χ2n) is 4.57. The first kappa shape index (κ1) is 14.7. The van der Waals surface area contributed by atoms with E-state index < -0.39 is 5.82 Å². The highest BCUT2D eigenvalue weighted by Crippen LogP contribution is 2.29. The number of halogens is 1. The monoisotopic (exact) mass is 312 g/mol. The van der Waals surface area contributed by atoms with Crippen molar-refractivity contribution in [2.24, 2.45) is 0 Å². The number of nitrogens with one attached hydrogen (secondary N) is 1. The topological polar surface area (TPSA) is 86.1 Å². The van der Waals surface area contributed by atoms with Crippen LogP contribution in [0, 0.1) is 17.7 Å². The van der Waals surface area contributed by atoms with Crippen LogP contribution in [0.3, 0.4) is 0 Å². The van der Waals surface area contributed by atoms with Crippen LogP contribution in [0.2, 0.25) is 0 Å². The van der Waals surface area contributed by atoms with Gasteiger partial charge in [-0.15, -0.1) is 0 Å². The lowest BCUT2D eigenvalue weighted by molar-refractivity contribution is 0.313. The van der Waals surface area contributed by atoms with Crippen molar-refractivity contribution in [1.82, 2.24) is 15.0 Å². The number of ether oxygens (including phenoxy) is 2. The average molecular weight is 312 g/mol. The highest BCUT2D eigenvalue weighted by molar-refractivity contribution is 5.87. The summed E-state index contributed by atoms with van der Waals surface area (Å²) in [6, 6.07) is 6.21.